The number of hydrogen-bond donors (Lipinski definition) is 0. The van der Waals surface area contributed by atoms with Gasteiger partial charge in [0.25, 0.3) is 0 Å². The molecule has 2 atom stereocenters. The fraction of sp³-hybridized carbons (Fsp3) is 0.294. The van der Waals surface area contributed by atoms with Crippen molar-refractivity contribution in [1.82, 2.24) is 0 Å². The molecule has 1 aromatic carbocycles. The zero-order chi connectivity index (χ0) is 14.0. The first kappa shape index (κ1) is 15.1. The van der Waals surface area contributed by atoms with E-state index in [-0.39, 0.29) is 12.2 Å². The van der Waals surface area contributed by atoms with E-state index in [1.165, 1.54) is 4.46 Å². The number of hydrogen-bond acceptors (Lipinski definition) is 2. The van der Waals surface area contributed by atoms with Crippen LogP contribution in [0.4, 0.5) is 0 Å². The van der Waals surface area contributed by atoms with Crippen molar-refractivity contribution in [2.24, 2.45) is 0 Å². The monoisotopic (exact) mass is 336 g/mol. The summed E-state index contributed by atoms with van der Waals surface area (Å²) in [5.41, 5.74) is 0. The van der Waals surface area contributed by atoms with E-state index in [0.717, 1.165) is 19.4 Å². The van der Waals surface area contributed by atoms with Gasteiger partial charge in [0.1, 0.15) is 0 Å². The van der Waals surface area contributed by atoms with Crippen LogP contribution in [0.3, 0.4) is 0 Å². The summed E-state index contributed by atoms with van der Waals surface area (Å²) in [5, 5.41) is 0. The van der Waals surface area contributed by atoms with Gasteiger partial charge in [0.05, 0.1) is 0 Å². The zero-order valence-corrected chi connectivity index (χ0v) is 13.2. The van der Waals surface area contributed by atoms with Gasteiger partial charge in [-0.1, -0.05) is 0 Å². The molecule has 2 rings (SSSR count). The van der Waals surface area contributed by atoms with E-state index in [1.54, 1.807) is 6.26 Å². The maximum atomic E-state index is 5.72. The first-order valence-electron chi connectivity index (χ1n) is 6.83. The molecule has 1 aliphatic rings. The number of ether oxygens (including phenoxy) is 2. The van der Waals surface area contributed by atoms with Crippen molar-refractivity contribution in [3.05, 3.63) is 66.4 Å². The van der Waals surface area contributed by atoms with Gasteiger partial charge < -0.3 is 0 Å². The molecular weight excluding hydrogens is 315 g/mol. The van der Waals surface area contributed by atoms with Crippen molar-refractivity contribution in [1.29, 1.82) is 0 Å². The van der Waals surface area contributed by atoms with Crippen molar-refractivity contribution < 1.29 is 9.47 Å². The molecule has 0 aromatic heterocycles. The van der Waals surface area contributed by atoms with Gasteiger partial charge in [0.15, 0.2) is 0 Å². The minimum absolute atomic E-state index is 0.0194. The van der Waals surface area contributed by atoms with E-state index in [9.17, 15) is 0 Å². The second-order valence-corrected chi connectivity index (χ2v) is 6.53. The minimum atomic E-state index is 0.0194. The Balaban J connectivity index is 1.72. The van der Waals surface area contributed by atoms with Crippen LogP contribution in [0, 0.1) is 0 Å². The summed E-state index contributed by atoms with van der Waals surface area (Å²) < 4.78 is 12.7. The predicted molar refractivity (Wildman–Crippen MR) is 84.2 cm³/mol. The van der Waals surface area contributed by atoms with Crippen LogP contribution in [0.25, 0.3) is 0 Å². The molecule has 3 heteroatoms. The SMILES string of the molecule is C=CC1OCCCC1O/C=C/C=C/[Se]c1ccccc1. The Kier molecular flexibility index (Phi) is 6.65. The van der Waals surface area contributed by atoms with Crippen LogP contribution < -0.4 is 4.46 Å². The Hall–Kier alpha value is -1.28. The maximum absolute atomic E-state index is 5.72. The van der Waals surface area contributed by atoms with Crippen molar-refractivity contribution >= 4 is 19.4 Å². The molecule has 1 heterocycles. The summed E-state index contributed by atoms with van der Waals surface area (Å²) >= 11 is 0.378. The Morgan fingerprint density at radius 2 is 2.10 bits per heavy atom. The fourth-order valence-corrected chi connectivity index (χ4v) is 3.34. The van der Waals surface area contributed by atoms with E-state index >= 15 is 0 Å². The zero-order valence-electron chi connectivity index (χ0n) is 11.5. The number of rotatable bonds is 6. The average Bonchev–Trinajstić information content (AvgIpc) is 2.52. The van der Waals surface area contributed by atoms with E-state index < -0.39 is 0 Å². The Labute approximate surface area is 127 Å². The van der Waals surface area contributed by atoms with Crippen LogP contribution in [0.2, 0.25) is 0 Å². The summed E-state index contributed by atoms with van der Waals surface area (Å²) in [6.45, 7) is 4.59. The number of benzene rings is 1. The normalized spacial score (nSPS) is 23.2. The third-order valence-electron chi connectivity index (χ3n) is 3.01. The van der Waals surface area contributed by atoms with Crippen LogP contribution >= 0.6 is 0 Å². The average molecular weight is 335 g/mol. The molecule has 0 N–H and O–H groups in total. The second kappa shape index (κ2) is 8.80. The van der Waals surface area contributed by atoms with Crippen LogP contribution in [0.5, 0.6) is 0 Å². The molecule has 106 valence electrons. The molecule has 0 amide bonds. The first-order valence-corrected chi connectivity index (χ1v) is 8.68. The summed E-state index contributed by atoms with van der Waals surface area (Å²) in [6, 6.07) is 10.5. The molecule has 1 aliphatic heterocycles. The Morgan fingerprint density at radius 1 is 1.25 bits per heavy atom. The van der Waals surface area contributed by atoms with Crippen molar-refractivity contribution in [2.45, 2.75) is 25.0 Å². The van der Waals surface area contributed by atoms with Gasteiger partial charge in [-0.05, 0) is 0 Å². The fourth-order valence-electron chi connectivity index (χ4n) is 1.99. The molecule has 0 spiro atoms. The van der Waals surface area contributed by atoms with Crippen molar-refractivity contribution in [3.63, 3.8) is 0 Å². The molecule has 0 bridgehead atoms. The van der Waals surface area contributed by atoms with E-state index in [1.807, 2.05) is 24.3 Å². The van der Waals surface area contributed by atoms with Crippen LogP contribution in [-0.2, 0) is 9.47 Å². The van der Waals surface area contributed by atoms with Gasteiger partial charge in [0, 0.05) is 0 Å². The van der Waals surface area contributed by atoms with E-state index in [0.29, 0.717) is 15.0 Å². The standard InChI is InChI=1S/C17H20O2Se/c1-2-16-17(11-8-13-18-16)19-12-6-7-14-20-15-9-4-3-5-10-15/h2-7,9-10,12,14,16-17H,1,8,11,13H2/b12-6+,14-7+. The molecule has 1 saturated heterocycles. The molecule has 2 unspecified atom stereocenters. The Morgan fingerprint density at radius 3 is 2.90 bits per heavy atom. The summed E-state index contributed by atoms with van der Waals surface area (Å²) in [7, 11) is 0. The summed E-state index contributed by atoms with van der Waals surface area (Å²) in [4.78, 5) is 2.19. The molecule has 0 aliphatic carbocycles. The van der Waals surface area contributed by atoms with E-state index in [4.69, 9.17) is 9.47 Å². The van der Waals surface area contributed by atoms with Crippen LogP contribution in [0.15, 0.2) is 66.4 Å². The van der Waals surface area contributed by atoms with Gasteiger partial charge in [-0.25, -0.2) is 0 Å². The molecule has 2 nitrogen and oxygen atoms in total. The van der Waals surface area contributed by atoms with Gasteiger partial charge in [-0.15, -0.1) is 0 Å². The van der Waals surface area contributed by atoms with Crippen molar-refractivity contribution in [3.8, 4) is 0 Å². The van der Waals surface area contributed by atoms with Gasteiger partial charge in [0.2, 0.25) is 0 Å². The quantitative estimate of drug-likeness (QED) is 0.344. The second-order valence-electron chi connectivity index (χ2n) is 4.48. The van der Waals surface area contributed by atoms with Gasteiger partial charge in [-0.2, -0.15) is 0 Å². The molecule has 0 radical (unpaired) electrons. The topological polar surface area (TPSA) is 18.5 Å². The Bertz CT molecular complexity index is 453. The summed E-state index contributed by atoms with van der Waals surface area (Å²) in [6.07, 6.45) is 9.77. The third-order valence-corrected chi connectivity index (χ3v) is 4.77. The van der Waals surface area contributed by atoms with Crippen LogP contribution in [-0.4, -0.2) is 33.8 Å². The number of allylic oxidation sites excluding steroid dienone is 2. The van der Waals surface area contributed by atoms with Crippen LogP contribution in [0.1, 0.15) is 12.8 Å². The van der Waals surface area contributed by atoms with Gasteiger partial charge >= 0.3 is 127 Å². The molecule has 1 aromatic rings. The molecule has 1 fully saturated rings. The first-order chi connectivity index (χ1) is 9.90. The summed E-state index contributed by atoms with van der Waals surface area (Å²) in [5.74, 6) is 0. The third kappa shape index (κ3) is 5.01. The molecular formula is C17H20O2Se. The van der Waals surface area contributed by atoms with Gasteiger partial charge in [-0.3, -0.25) is 0 Å². The molecule has 0 saturated carbocycles. The predicted octanol–water partition coefficient (Wildman–Crippen LogP) is 2.79. The van der Waals surface area contributed by atoms with Crippen molar-refractivity contribution in [2.75, 3.05) is 6.61 Å². The van der Waals surface area contributed by atoms with E-state index in [2.05, 4.69) is 35.8 Å². The molecule has 20 heavy (non-hydrogen) atoms.